The second kappa shape index (κ2) is 7.89. The Balaban J connectivity index is 0.00000182. The summed E-state index contributed by atoms with van der Waals surface area (Å²) in [5.41, 5.74) is 3.93. The van der Waals surface area contributed by atoms with Crippen LogP contribution < -0.4 is 10.6 Å². The highest BCUT2D eigenvalue weighted by Crippen LogP contribution is 2.28. The lowest BCUT2D eigenvalue weighted by molar-refractivity contribution is 0.0933. The summed E-state index contributed by atoms with van der Waals surface area (Å²) in [4.78, 5) is 12.8. The minimum absolute atomic E-state index is 0. The monoisotopic (exact) mass is 424 g/mol. The summed E-state index contributed by atoms with van der Waals surface area (Å²) >= 11 is 3.52. The quantitative estimate of drug-likeness (QED) is 0.795. The number of aromatic nitrogens is 2. The maximum atomic E-state index is 12.8. The van der Waals surface area contributed by atoms with E-state index in [4.69, 9.17) is 5.10 Å². The number of hydrogen-bond donors (Lipinski definition) is 2. The molecule has 0 bridgehead atoms. The Morgan fingerprint density at radius 2 is 2.16 bits per heavy atom. The molecule has 1 unspecified atom stereocenters. The van der Waals surface area contributed by atoms with Crippen molar-refractivity contribution in [2.45, 2.75) is 38.1 Å². The number of rotatable bonds is 3. The first kappa shape index (κ1) is 18.4. The van der Waals surface area contributed by atoms with Crippen LogP contribution >= 0.6 is 28.3 Å². The van der Waals surface area contributed by atoms with Gasteiger partial charge in [-0.3, -0.25) is 4.79 Å². The molecule has 1 aromatic heterocycles. The van der Waals surface area contributed by atoms with E-state index in [1.807, 2.05) is 28.9 Å². The average Bonchev–Trinajstić information content (AvgIpc) is 3.22. The van der Waals surface area contributed by atoms with Crippen LogP contribution in [0.1, 0.15) is 41.0 Å². The lowest BCUT2D eigenvalue weighted by Crippen LogP contribution is -2.37. The molecule has 134 valence electrons. The van der Waals surface area contributed by atoms with Gasteiger partial charge in [-0.2, -0.15) is 5.10 Å². The third-order valence-corrected chi connectivity index (χ3v) is 5.34. The van der Waals surface area contributed by atoms with Gasteiger partial charge >= 0.3 is 0 Å². The van der Waals surface area contributed by atoms with E-state index < -0.39 is 0 Å². The van der Waals surface area contributed by atoms with E-state index in [1.54, 1.807) is 0 Å². The molecule has 2 aliphatic rings. The fourth-order valence-electron chi connectivity index (χ4n) is 3.63. The zero-order chi connectivity index (χ0) is 16.5. The van der Waals surface area contributed by atoms with Crippen LogP contribution in [-0.2, 0) is 12.8 Å². The normalized spacial score (nSPS) is 19.2. The average molecular weight is 426 g/mol. The Morgan fingerprint density at radius 3 is 2.92 bits per heavy atom. The van der Waals surface area contributed by atoms with E-state index in [9.17, 15) is 4.79 Å². The van der Waals surface area contributed by atoms with E-state index in [0.717, 1.165) is 60.9 Å². The summed E-state index contributed by atoms with van der Waals surface area (Å²) in [7, 11) is 0. The molecule has 0 saturated carbocycles. The molecule has 2 heterocycles. The summed E-state index contributed by atoms with van der Waals surface area (Å²) in [5.74, 6) is -0.0319. The molecule has 25 heavy (non-hydrogen) atoms. The SMILES string of the molecule is Cl.O=C(NC1CCNC1)c1nn(-c2cccc(Br)c2)c2c1CCCC2. The first-order valence-corrected chi connectivity index (χ1v) is 9.40. The largest absolute Gasteiger partial charge is 0.347 e. The number of fused-ring (bicyclic) bond motifs is 1. The van der Waals surface area contributed by atoms with Gasteiger partial charge in [-0.05, 0) is 56.8 Å². The van der Waals surface area contributed by atoms with Crippen LogP contribution in [0.3, 0.4) is 0 Å². The number of carbonyl (C=O) groups is 1. The van der Waals surface area contributed by atoms with Crippen LogP contribution in [-0.4, -0.2) is 34.8 Å². The molecular formula is C18H22BrClN4O. The number of nitrogens with zero attached hydrogens (tertiary/aromatic N) is 2. The van der Waals surface area contributed by atoms with Crippen molar-refractivity contribution in [3.63, 3.8) is 0 Å². The number of nitrogens with one attached hydrogen (secondary N) is 2. The van der Waals surface area contributed by atoms with Gasteiger partial charge in [-0.1, -0.05) is 22.0 Å². The maximum Gasteiger partial charge on any atom is 0.272 e. The lowest BCUT2D eigenvalue weighted by Gasteiger charge is -2.15. The highest BCUT2D eigenvalue weighted by molar-refractivity contribution is 9.10. The van der Waals surface area contributed by atoms with Crippen molar-refractivity contribution in [1.29, 1.82) is 0 Å². The highest BCUT2D eigenvalue weighted by Gasteiger charge is 2.27. The zero-order valence-corrected chi connectivity index (χ0v) is 16.3. The summed E-state index contributed by atoms with van der Waals surface area (Å²) in [6.45, 7) is 1.82. The lowest BCUT2D eigenvalue weighted by atomic mass is 9.95. The van der Waals surface area contributed by atoms with Gasteiger partial charge in [0.25, 0.3) is 5.91 Å². The van der Waals surface area contributed by atoms with Gasteiger partial charge in [-0.15, -0.1) is 12.4 Å². The number of hydrogen-bond acceptors (Lipinski definition) is 3. The minimum atomic E-state index is -0.0319. The van der Waals surface area contributed by atoms with E-state index in [0.29, 0.717) is 5.69 Å². The van der Waals surface area contributed by atoms with Gasteiger partial charge in [0.05, 0.1) is 5.69 Å². The molecule has 7 heteroatoms. The van der Waals surface area contributed by atoms with Gasteiger partial charge in [-0.25, -0.2) is 4.68 Å². The van der Waals surface area contributed by atoms with E-state index in [2.05, 4.69) is 26.6 Å². The first-order chi connectivity index (χ1) is 11.7. The molecule has 2 aromatic rings. The van der Waals surface area contributed by atoms with Crippen molar-refractivity contribution >= 4 is 34.2 Å². The Kier molecular flexibility index (Phi) is 5.81. The van der Waals surface area contributed by atoms with E-state index in [-0.39, 0.29) is 24.4 Å². The Morgan fingerprint density at radius 1 is 1.32 bits per heavy atom. The van der Waals surface area contributed by atoms with Gasteiger partial charge in [0.1, 0.15) is 0 Å². The maximum absolute atomic E-state index is 12.8. The Labute approximate surface area is 162 Å². The highest BCUT2D eigenvalue weighted by atomic mass is 79.9. The minimum Gasteiger partial charge on any atom is -0.347 e. The van der Waals surface area contributed by atoms with Crippen molar-refractivity contribution in [2.75, 3.05) is 13.1 Å². The van der Waals surface area contributed by atoms with Crippen LogP contribution in [0.25, 0.3) is 5.69 Å². The Hall–Kier alpha value is -1.37. The molecule has 5 nitrogen and oxygen atoms in total. The molecule has 2 N–H and O–H groups in total. The molecule has 1 aliphatic heterocycles. The number of benzene rings is 1. The third-order valence-electron chi connectivity index (χ3n) is 4.84. The smallest absolute Gasteiger partial charge is 0.272 e. The van der Waals surface area contributed by atoms with Crippen molar-refractivity contribution in [2.24, 2.45) is 0 Å². The molecule has 1 aliphatic carbocycles. The molecular weight excluding hydrogens is 404 g/mol. The molecule has 4 rings (SSSR count). The van der Waals surface area contributed by atoms with Crippen molar-refractivity contribution < 1.29 is 4.79 Å². The molecule has 1 amide bonds. The van der Waals surface area contributed by atoms with Crippen LogP contribution in [0.15, 0.2) is 28.7 Å². The first-order valence-electron chi connectivity index (χ1n) is 8.60. The zero-order valence-electron chi connectivity index (χ0n) is 13.9. The topological polar surface area (TPSA) is 59.0 Å². The van der Waals surface area contributed by atoms with Gasteiger partial charge < -0.3 is 10.6 Å². The second-order valence-corrected chi connectivity index (χ2v) is 7.45. The van der Waals surface area contributed by atoms with Crippen LogP contribution in [0.2, 0.25) is 0 Å². The van der Waals surface area contributed by atoms with E-state index >= 15 is 0 Å². The van der Waals surface area contributed by atoms with Crippen molar-refractivity contribution in [1.82, 2.24) is 20.4 Å². The van der Waals surface area contributed by atoms with Crippen LogP contribution in [0.5, 0.6) is 0 Å². The van der Waals surface area contributed by atoms with Gasteiger partial charge in [0.2, 0.25) is 0 Å². The number of amides is 1. The summed E-state index contributed by atoms with van der Waals surface area (Å²) in [6, 6.07) is 8.30. The van der Waals surface area contributed by atoms with Crippen molar-refractivity contribution in [3.8, 4) is 5.69 Å². The predicted molar refractivity (Wildman–Crippen MR) is 104 cm³/mol. The Bertz CT molecular complexity index is 770. The third kappa shape index (κ3) is 3.76. The fraction of sp³-hybridized carbons (Fsp3) is 0.444. The van der Waals surface area contributed by atoms with E-state index in [1.165, 1.54) is 5.69 Å². The van der Waals surface area contributed by atoms with Crippen LogP contribution in [0, 0.1) is 0 Å². The summed E-state index contributed by atoms with van der Waals surface area (Å²) in [5, 5.41) is 11.1. The number of carbonyl (C=O) groups excluding carboxylic acids is 1. The number of halogens is 2. The predicted octanol–water partition coefficient (Wildman–Crippen LogP) is 3.03. The van der Waals surface area contributed by atoms with Crippen LogP contribution in [0.4, 0.5) is 0 Å². The molecule has 1 atom stereocenters. The molecule has 1 saturated heterocycles. The van der Waals surface area contributed by atoms with Crippen molar-refractivity contribution in [3.05, 3.63) is 45.7 Å². The fourth-order valence-corrected chi connectivity index (χ4v) is 4.02. The second-order valence-electron chi connectivity index (χ2n) is 6.54. The summed E-state index contributed by atoms with van der Waals surface area (Å²) < 4.78 is 2.98. The standard InChI is InChI=1S/C18H21BrN4O.ClH/c19-12-4-3-5-14(10-12)23-16-7-2-1-6-15(16)17(22-23)18(24)21-13-8-9-20-11-13;/h3-5,10,13,20H,1-2,6-9,11H2,(H,21,24);1H. The summed E-state index contributed by atoms with van der Waals surface area (Å²) in [6.07, 6.45) is 5.19. The van der Waals surface area contributed by atoms with Gasteiger partial charge in [0.15, 0.2) is 5.69 Å². The van der Waals surface area contributed by atoms with Gasteiger partial charge in [0, 0.05) is 28.3 Å². The molecule has 0 radical (unpaired) electrons. The molecule has 1 fully saturated rings. The molecule has 0 spiro atoms. The molecule has 1 aromatic carbocycles.